The van der Waals surface area contributed by atoms with Crippen molar-refractivity contribution in [3.05, 3.63) is 18.2 Å². The molecular formula is C8H12O2. The second-order valence-corrected chi connectivity index (χ2v) is 1.98. The summed E-state index contributed by atoms with van der Waals surface area (Å²) in [4.78, 5) is 18.7. The number of rotatable bonds is 1. The minimum atomic E-state index is 0.125. The first kappa shape index (κ1) is 11.6. The number of hydrogen-bond acceptors (Lipinski definition) is 2. The Morgan fingerprint density at radius 1 is 1.40 bits per heavy atom. The van der Waals surface area contributed by atoms with E-state index in [1.165, 1.54) is 5.94 Å². The van der Waals surface area contributed by atoms with Crippen molar-refractivity contribution in [2.24, 2.45) is 0 Å². The van der Waals surface area contributed by atoms with Crippen molar-refractivity contribution in [3.63, 3.8) is 0 Å². The van der Waals surface area contributed by atoms with Gasteiger partial charge in [0.05, 0.1) is 0 Å². The summed E-state index contributed by atoms with van der Waals surface area (Å²) in [5.41, 5.74) is 1.06. The molecule has 0 saturated carbocycles. The number of allylic oxidation sites excluding steroid dienone is 2. The summed E-state index contributed by atoms with van der Waals surface area (Å²) in [6, 6.07) is 0. The molecule has 10 heavy (non-hydrogen) atoms. The van der Waals surface area contributed by atoms with Crippen molar-refractivity contribution in [1.29, 1.82) is 0 Å². The SMILES string of the molecule is C=C=O.CC(=O)C=C(C)C. The van der Waals surface area contributed by atoms with Crippen molar-refractivity contribution in [2.45, 2.75) is 20.8 Å². The molecule has 0 aliphatic carbocycles. The molecule has 0 saturated heterocycles. The molecule has 0 radical (unpaired) electrons. The first-order chi connectivity index (χ1) is 4.54. The van der Waals surface area contributed by atoms with Gasteiger partial charge in [-0.3, -0.25) is 4.79 Å². The van der Waals surface area contributed by atoms with Crippen LogP contribution in [-0.2, 0) is 9.59 Å². The van der Waals surface area contributed by atoms with Crippen LogP contribution in [0.4, 0.5) is 0 Å². The minimum absolute atomic E-state index is 0.125. The molecule has 0 bridgehead atoms. The first-order valence-electron chi connectivity index (χ1n) is 2.84. The Morgan fingerprint density at radius 3 is 1.70 bits per heavy atom. The predicted octanol–water partition coefficient (Wildman–Crippen LogP) is 1.55. The molecule has 56 valence electrons. The highest BCUT2D eigenvalue weighted by Crippen LogP contribution is 1.86. The topological polar surface area (TPSA) is 34.1 Å². The van der Waals surface area contributed by atoms with E-state index >= 15 is 0 Å². The fourth-order valence-corrected chi connectivity index (χ4v) is 0.407. The normalized spacial score (nSPS) is 6.30. The van der Waals surface area contributed by atoms with E-state index in [1.54, 1.807) is 13.0 Å². The predicted molar refractivity (Wildman–Crippen MR) is 41.4 cm³/mol. The third-order valence-corrected chi connectivity index (χ3v) is 0.492. The van der Waals surface area contributed by atoms with Gasteiger partial charge in [0.15, 0.2) is 5.78 Å². The molecule has 2 heteroatoms. The Hall–Kier alpha value is -1.14. The van der Waals surface area contributed by atoms with E-state index in [0.29, 0.717) is 0 Å². The summed E-state index contributed by atoms with van der Waals surface area (Å²) in [6.45, 7) is 8.04. The minimum Gasteiger partial charge on any atom is -0.295 e. The summed E-state index contributed by atoms with van der Waals surface area (Å²) in [5, 5.41) is 0. The van der Waals surface area contributed by atoms with Crippen LogP contribution in [0.25, 0.3) is 0 Å². The second-order valence-electron chi connectivity index (χ2n) is 1.98. The van der Waals surface area contributed by atoms with Gasteiger partial charge in [-0.1, -0.05) is 5.57 Å². The van der Waals surface area contributed by atoms with Gasteiger partial charge in [0.1, 0.15) is 5.94 Å². The average Bonchev–Trinajstić information content (AvgIpc) is 1.62. The Morgan fingerprint density at radius 2 is 1.70 bits per heavy atom. The van der Waals surface area contributed by atoms with Gasteiger partial charge in [-0.05, 0) is 33.4 Å². The van der Waals surface area contributed by atoms with Crippen LogP contribution in [0.2, 0.25) is 0 Å². The van der Waals surface area contributed by atoms with Crippen molar-refractivity contribution >= 4 is 11.7 Å². The van der Waals surface area contributed by atoms with Crippen molar-refractivity contribution in [2.75, 3.05) is 0 Å². The van der Waals surface area contributed by atoms with E-state index in [9.17, 15) is 4.79 Å². The van der Waals surface area contributed by atoms with E-state index in [-0.39, 0.29) is 5.78 Å². The fraction of sp³-hybridized carbons (Fsp3) is 0.375. The molecule has 0 aliphatic rings. The van der Waals surface area contributed by atoms with Gasteiger partial charge in [0.2, 0.25) is 0 Å². The summed E-state index contributed by atoms with van der Waals surface area (Å²) in [7, 11) is 0. The maximum Gasteiger partial charge on any atom is 0.152 e. The summed E-state index contributed by atoms with van der Waals surface area (Å²) >= 11 is 0. The first-order valence-corrected chi connectivity index (χ1v) is 2.84. The van der Waals surface area contributed by atoms with Crippen LogP contribution in [0.1, 0.15) is 20.8 Å². The summed E-state index contributed by atoms with van der Waals surface area (Å²) in [5.74, 6) is 1.38. The molecule has 0 aromatic rings. The second kappa shape index (κ2) is 7.86. The zero-order chi connectivity index (χ0) is 8.57. The van der Waals surface area contributed by atoms with Crippen molar-refractivity contribution in [3.8, 4) is 0 Å². The summed E-state index contributed by atoms with van der Waals surface area (Å²) < 4.78 is 0. The van der Waals surface area contributed by atoms with Gasteiger partial charge in [0, 0.05) is 0 Å². The molecule has 0 N–H and O–H groups in total. The molecule has 0 aromatic heterocycles. The van der Waals surface area contributed by atoms with Crippen LogP contribution in [0.3, 0.4) is 0 Å². The Kier molecular flexibility index (Phi) is 9.14. The highest BCUT2D eigenvalue weighted by Gasteiger charge is 1.80. The van der Waals surface area contributed by atoms with Gasteiger partial charge >= 0.3 is 0 Å². The monoisotopic (exact) mass is 140 g/mol. The molecular weight excluding hydrogens is 128 g/mol. The van der Waals surface area contributed by atoms with Gasteiger partial charge in [-0.2, -0.15) is 0 Å². The van der Waals surface area contributed by atoms with E-state index in [1.807, 2.05) is 13.8 Å². The number of carbonyl (C=O) groups excluding carboxylic acids is 2. The zero-order valence-electron chi connectivity index (χ0n) is 6.60. The molecule has 0 rings (SSSR count). The van der Waals surface area contributed by atoms with Gasteiger partial charge in [-0.25, -0.2) is 4.79 Å². The third kappa shape index (κ3) is 28.8. The molecule has 0 aliphatic heterocycles. The molecule has 0 heterocycles. The van der Waals surface area contributed by atoms with Crippen LogP contribution in [0.15, 0.2) is 18.2 Å². The Balaban J connectivity index is 0. The molecule has 0 spiro atoms. The zero-order valence-corrected chi connectivity index (χ0v) is 6.60. The number of ketones is 1. The molecule has 0 fully saturated rings. The van der Waals surface area contributed by atoms with Gasteiger partial charge in [0.25, 0.3) is 0 Å². The van der Waals surface area contributed by atoms with Crippen LogP contribution in [0.5, 0.6) is 0 Å². The van der Waals surface area contributed by atoms with Gasteiger partial charge in [-0.15, -0.1) is 0 Å². The fourth-order valence-electron chi connectivity index (χ4n) is 0.407. The molecule has 0 amide bonds. The van der Waals surface area contributed by atoms with Crippen molar-refractivity contribution in [1.82, 2.24) is 0 Å². The highest BCUT2D eigenvalue weighted by atomic mass is 16.1. The number of hydrogen-bond donors (Lipinski definition) is 0. The van der Waals surface area contributed by atoms with Crippen molar-refractivity contribution < 1.29 is 9.59 Å². The Bertz CT molecular complexity index is 156. The van der Waals surface area contributed by atoms with Gasteiger partial charge < -0.3 is 0 Å². The van der Waals surface area contributed by atoms with Crippen LogP contribution < -0.4 is 0 Å². The van der Waals surface area contributed by atoms with E-state index in [0.717, 1.165) is 5.57 Å². The highest BCUT2D eigenvalue weighted by molar-refractivity contribution is 5.87. The lowest BCUT2D eigenvalue weighted by molar-refractivity contribution is -0.112. The maximum absolute atomic E-state index is 10.2. The molecule has 0 unspecified atom stereocenters. The maximum atomic E-state index is 10.2. The number of carbonyl (C=O) groups is 1. The standard InChI is InChI=1S/C6H10O.C2H2O/c1-5(2)4-6(3)7;1-2-3/h4H,1-3H3;1H2. The lowest BCUT2D eigenvalue weighted by atomic mass is 10.3. The quantitative estimate of drug-likeness (QED) is 0.409. The van der Waals surface area contributed by atoms with E-state index in [4.69, 9.17) is 4.79 Å². The average molecular weight is 140 g/mol. The smallest absolute Gasteiger partial charge is 0.152 e. The lowest BCUT2D eigenvalue weighted by Crippen LogP contribution is -1.80. The third-order valence-electron chi connectivity index (χ3n) is 0.492. The van der Waals surface area contributed by atoms with Crippen LogP contribution >= 0.6 is 0 Å². The van der Waals surface area contributed by atoms with E-state index in [2.05, 4.69) is 6.58 Å². The largest absolute Gasteiger partial charge is 0.295 e. The van der Waals surface area contributed by atoms with Crippen LogP contribution in [-0.4, -0.2) is 11.7 Å². The summed E-state index contributed by atoms with van der Waals surface area (Å²) in [6.07, 6.45) is 1.61. The van der Waals surface area contributed by atoms with E-state index < -0.39 is 0 Å². The Labute approximate surface area is 61.2 Å². The molecule has 2 nitrogen and oxygen atoms in total. The molecule has 0 atom stereocenters. The van der Waals surface area contributed by atoms with Crippen LogP contribution in [0, 0.1) is 0 Å². The lowest BCUT2D eigenvalue weighted by Gasteiger charge is -1.80. The molecule has 0 aromatic carbocycles.